The summed E-state index contributed by atoms with van der Waals surface area (Å²) in [7, 11) is 0. The number of hydrogen-bond donors (Lipinski definition) is 2. The zero-order valence-corrected chi connectivity index (χ0v) is 12.0. The molecule has 0 spiro atoms. The van der Waals surface area contributed by atoms with Gasteiger partial charge in [0.2, 0.25) is 0 Å². The number of hydrazine groups is 1. The Kier molecular flexibility index (Phi) is 4.97. The first-order chi connectivity index (χ1) is 11.3. The van der Waals surface area contributed by atoms with Gasteiger partial charge in [0.25, 0.3) is 17.4 Å². The van der Waals surface area contributed by atoms with E-state index in [9.17, 15) is 27.6 Å². The number of hydrogen-bond acceptors (Lipinski definition) is 4. The molecule has 10 heteroatoms. The van der Waals surface area contributed by atoms with Gasteiger partial charge in [0.15, 0.2) is 0 Å². The minimum atomic E-state index is -4.50. The summed E-state index contributed by atoms with van der Waals surface area (Å²) >= 11 is 0. The second-order valence-electron chi connectivity index (χ2n) is 4.62. The molecule has 2 rings (SSSR count). The van der Waals surface area contributed by atoms with E-state index in [1.807, 2.05) is 5.43 Å². The number of amides is 2. The van der Waals surface area contributed by atoms with Gasteiger partial charge in [-0.1, -0.05) is 0 Å². The largest absolute Gasteiger partial charge is 0.416 e. The monoisotopic (exact) mass is 340 g/mol. The number of alkyl halides is 3. The van der Waals surface area contributed by atoms with Crippen LogP contribution in [0.3, 0.4) is 0 Å². The Labute approximate surface area is 133 Å². The Balaban J connectivity index is 1.92. The maximum atomic E-state index is 12.4. The lowest BCUT2D eigenvalue weighted by Gasteiger charge is -2.09. The molecule has 0 aliphatic carbocycles. The molecule has 0 fully saturated rings. The van der Waals surface area contributed by atoms with Gasteiger partial charge in [0, 0.05) is 17.8 Å². The maximum Gasteiger partial charge on any atom is 0.416 e. The first-order valence-corrected chi connectivity index (χ1v) is 6.54. The van der Waals surface area contributed by atoms with Crippen molar-refractivity contribution in [1.82, 2.24) is 20.4 Å². The van der Waals surface area contributed by atoms with Crippen molar-refractivity contribution in [2.45, 2.75) is 12.7 Å². The number of nitrogens with zero attached hydrogens (tertiary/aromatic N) is 2. The molecule has 1 aromatic carbocycles. The molecule has 0 saturated heterocycles. The number of carbonyl (C=O) groups is 2. The minimum absolute atomic E-state index is 0.0677. The Hall–Kier alpha value is -3.17. The zero-order chi connectivity index (χ0) is 17.7. The van der Waals surface area contributed by atoms with Crippen LogP contribution < -0.4 is 16.4 Å². The molecule has 0 aliphatic rings. The number of benzene rings is 1. The quantitative estimate of drug-likeness (QED) is 0.806. The van der Waals surface area contributed by atoms with Crippen LogP contribution in [0.15, 0.2) is 47.7 Å². The van der Waals surface area contributed by atoms with E-state index in [1.165, 1.54) is 6.20 Å². The van der Waals surface area contributed by atoms with Gasteiger partial charge in [-0.15, -0.1) is 0 Å². The van der Waals surface area contributed by atoms with Crippen LogP contribution in [0, 0.1) is 0 Å². The minimum Gasteiger partial charge on any atom is -0.290 e. The fraction of sp³-hybridized carbons (Fsp3) is 0.143. The van der Waals surface area contributed by atoms with E-state index in [2.05, 4.69) is 10.4 Å². The molecule has 2 aromatic rings. The van der Waals surface area contributed by atoms with Crippen molar-refractivity contribution >= 4 is 11.8 Å². The fourth-order valence-corrected chi connectivity index (χ4v) is 1.70. The van der Waals surface area contributed by atoms with Gasteiger partial charge in [0.05, 0.1) is 11.9 Å². The lowest BCUT2D eigenvalue weighted by Crippen LogP contribution is -2.44. The normalized spacial score (nSPS) is 11.0. The predicted molar refractivity (Wildman–Crippen MR) is 75.5 cm³/mol. The smallest absolute Gasteiger partial charge is 0.290 e. The van der Waals surface area contributed by atoms with Crippen molar-refractivity contribution in [3.63, 3.8) is 0 Å². The molecule has 1 heterocycles. The van der Waals surface area contributed by atoms with E-state index >= 15 is 0 Å². The fourth-order valence-electron chi connectivity index (χ4n) is 1.70. The average Bonchev–Trinajstić information content (AvgIpc) is 2.54. The zero-order valence-electron chi connectivity index (χ0n) is 12.0. The lowest BCUT2D eigenvalue weighted by atomic mass is 10.1. The van der Waals surface area contributed by atoms with Crippen LogP contribution in [0.4, 0.5) is 13.2 Å². The lowest BCUT2D eigenvalue weighted by molar-refractivity contribution is -0.137. The Morgan fingerprint density at radius 2 is 1.75 bits per heavy atom. The SMILES string of the molecule is O=C(Cn1cnccc1=O)NNC(=O)c1ccc(C(F)(F)F)cc1. The molecule has 0 bridgehead atoms. The van der Waals surface area contributed by atoms with E-state index in [-0.39, 0.29) is 12.1 Å². The van der Waals surface area contributed by atoms with Crippen LogP contribution in [-0.4, -0.2) is 21.4 Å². The third-order valence-electron chi connectivity index (χ3n) is 2.90. The van der Waals surface area contributed by atoms with Gasteiger partial charge in [0.1, 0.15) is 6.54 Å². The molecular weight excluding hydrogens is 329 g/mol. The van der Waals surface area contributed by atoms with Gasteiger partial charge in [-0.05, 0) is 24.3 Å². The van der Waals surface area contributed by atoms with Crippen molar-refractivity contribution in [3.8, 4) is 0 Å². The topological polar surface area (TPSA) is 93.1 Å². The highest BCUT2D eigenvalue weighted by molar-refractivity contribution is 5.95. The number of aromatic nitrogens is 2. The van der Waals surface area contributed by atoms with E-state index in [4.69, 9.17) is 0 Å². The van der Waals surface area contributed by atoms with Crippen LogP contribution in [0.25, 0.3) is 0 Å². The van der Waals surface area contributed by atoms with Gasteiger partial charge in [-0.25, -0.2) is 4.98 Å². The van der Waals surface area contributed by atoms with E-state index in [0.717, 1.165) is 41.2 Å². The highest BCUT2D eigenvalue weighted by atomic mass is 19.4. The van der Waals surface area contributed by atoms with Crippen molar-refractivity contribution < 1.29 is 22.8 Å². The van der Waals surface area contributed by atoms with E-state index in [0.29, 0.717) is 0 Å². The molecular formula is C14H11F3N4O3. The summed E-state index contributed by atoms with van der Waals surface area (Å²) in [6, 6.07) is 4.64. The summed E-state index contributed by atoms with van der Waals surface area (Å²) in [5, 5.41) is 0. The van der Waals surface area contributed by atoms with E-state index < -0.39 is 29.1 Å². The molecule has 0 aliphatic heterocycles. The van der Waals surface area contributed by atoms with E-state index in [1.54, 1.807) is 0 Å². The molecule has 2 amide bonds. The summed E-state index contributed by atoms with van der Waals surface area (Å²) in [6.45, 7) is -0.375. The maximum absolute atomic E-state index is 12.4. The van der Waals surface area contributed by atoms with Crippen molar-refractivity contribution in [2.75, 3.05) is 0 Å². The molecule has 0 radical (unpaired) electrons. The van der Waals surface area contributed by atoms with Crippen molar-refractivity contribution in [1.29, 1.82) is 0 Å². The number of halogens is 3. The Bertz CT molecular complexity index is 800. The number of carbonyl (C=O) groups excluding carboxylic acids is 2. The summed E-state index contributed by atoms with van der Waals surface area (Å²) in [6.07, 6.45) is -2.08. The van der Waals surface area contributed by atoms with Crippen LogP contribution in [0.1, 0.15) is 15.9 Å². The van der Waals surface area contributed by atoms with Crippen LogP contribution >= 0.6 is 0 Å². The number of rotatable bonds is 3. The third-order valence-corrected chi connectivity index (χ3v) is 2.90. The standard InChI is InChI=1S/C14H11F3N4O3/c15-14(16,17)10-3-1-9(2-4-10)13(24)20-19-11(22)7-21-8-18-6-5-12(21)23/h1-6,8H,7H2,(H,19,22)(H,20,24). The van der Waals surface area contributed by atoms with Gasteiger partial charge < -0.3 is 0 Å². The summed E-state index contributed by atoms with van der Waals surface area (Å²) in [5.74, 6) is -1.50. The molecule has 24 heavy (non-hydrogen) atoms. The average molecular weight is 340 g/mol. The first kappa shape index (κ1) is 17.2. The van der Waals surface area contributed by atoms with Crippen LogP contribution in [0.2, 0.25) is 0 Å². The Morgan fingerprint density at radius 3 is 2.33 bits per heavy atom. The second kappa shape index (κ2) is 6.94. The molecule has 7 nitrogen and oxygen atoms in total. The Morgan fingerprint density at radius 1 is 1.08 bits per heavy atom. The van der Waals surface area contributed by atoms with Gasteiger partial charge in [-0.2, -0.15) is 13.2 Å². The van der Waals surface area contributed by atoms with Crippen molar-refractivity contribution in [3.05, 3.63) is 64.3 Å². The van der Waals surface area contributed by atoms with Crippen LogP contribution in [0.5, 0.6) is 0 Å². The first-order valence-electron chi connectivity index (χ1n) is 6.54. The third kappa shape index (κ3) is 4.41. The molecule has 0 unspecified atom stereocenters. The predicted octanol–water partition coefficient (Wildman–Crippen LogP) is 0.723. The molecule has 2 N–H and O–H groups in total. The molecule has 1 aromatic heterocycles. The molecule has 126 valence electrons. The summed E-state index contributed by atoms with van der Waals surface area (Å²) < 4.78 is 38.3. The molecule has 0 atom stereocenters. The van der Waals surface area contributed by atoms with Crippen molar-refractivity contribution in [2.24, 2.45) is 0 Å². The van der Waals surface area contributed by atoms with Gasteiger partial charge in [-0.3, -0.25) is 29.8 Å². The summed E-state index contributed by atoms with van der Waals surface area (Å²) in [4.78, 5) is 38.4. The summed E-state index contributed by atoms with van der Waals surface area (Å²) in [5.41, 5.74) is 2.69. The number of nitrogens with one attached hydrogen (secondary N) is 2. The van der Waals surface area contributed by atoms with Crippen LogP contribution in [-0.2, 0) is 17.5 Å². The van der Waals surface area contributed by atoms with Gasteiger partial charge >= 0.3 is 6.18 Å². The molecule has 0 saturated carbocycles. The second-order valence-corrected chi connectivity index (χ2v) is 4.62. The highest BCUT2D eigenvalue weighted by Gasteiger charge is 2.30. The highest BCUT2D eigenvalue weighted by Crippen LogP contribution is 2.28.